The number of nitrogens with zero attached hydrogens (tertiary/aromatic N) is 4. The molecule has 4 aliphatic rings. The van der Waals surface area contributed by atoms with E-state index >= 15 is 0 Å². The second-order valence-corrected chi connectivity index (χ2v) is 33.5. The summed E-state index contributed by atoms with van der Waals surface area (Å²) in [5, 5.41) is 0. The van der Waals surface area contributed by atoms with Crippen molar-refractivity contribution in [2.75, 3.05) is 0 Å². The van der Waals surface area contributed by atoms with Crippen molar-refractivity contribution in [1.29, 1.82) is 0 Å². The van der Waals surface area contributed by atoms with Crippen molar-refractivity contribution in [2.24, 2.45) is 0 Å². The molecule has 4 N–H and O–H groups in total. The Morgan fingerprint density at radius 3 is 0.696 bits per heavy atom. The zero-order valence-corrected chi connectivity index (χ0v) is 61.5. The van der Waals surface area contributed by atoms with Crippen molar-refractivity contribution in [3.05, 3.63) is 274 Å². The van der Waals surface area contributed by atoms with Gasteiger partial charge in [-0.1, -0.05) is 226 Å². The summed E-state index contributed by atoms with van der Waals surface area (Å²) in [7, 11) is 3.50. The molecule has 0 saturated carbocycles. The van der Waals surface area contributed by atoms with E-state index in [1.165, 1.54) is 22.3 Å². The van der Waals surface area contributed by atoms with Crippen molar-refractivity contribution < 1.29 is 0 Å². The molecule has 16 rings (SSSR count). The van der Waals surface area contributed by atoms with Gasteiger partial charge >= 0.3 is 0 Å². The van der Waals surface area contributed by atoms with E-state index in [4.69, 9.17) is 19.9 Å². The number of aromatic amines is 4. The predicted molar refractivity (Wildman–Crippen MR) is 437 cm³/mol. The Morgan fingerprint density at radius 2 is 0.441 bits per heavy atom. The Labute approximate surface area is 605 Å². The molecule has 6 aromatic carbocycles. The van der Waals surface area contributed by atoms with Gasteiger partial charge in [-0.2, -0.15) is 0 Å². The molecule has 0 unspecified atom stereocenters. The fourth-order valence-electron chi connectivity index (χ4n) is 14.1. The first-order valence-electron chi connectivity index (χ1n) is 35.2. The van der Waals surface area contributed by atoms with E-state index in [0.717, 1.165) is 166 Å². The van der Waals surface area contributed by atoms with Gasteiger partial charge in [-0.05, 0) is 211 Å². The molecule has 102 heavy (non-hydrogen) atoms. The third-order valence-corrected chi connectivity index (χ3v) is 22.2. The molecule has 0 spiro atoms. The highest BCUT2D eigenvalue weighted by Crippen LogP contribution is 2.44. The van der Waals surface area contributed by atoms with E-state index in [-0.39, 0.29) is 21.7 Å². The number of fused-ring (bicyclic) bond motifs is 16. The molecule has 0 atom stereocenters. The predicted octanol–water partition coefficient (Wildman–Crippen LogP) is 25.6. The molecular weight excluding hydrogens is 1280 g/mol. The number of H-pyrrole nitrogens is 4. The van der Waals surface area contributed by atoms with E-state index < -0.39 is 0 Å². The highest BCUT2D eigenvalue weighted by molar-refractivity contribution is 8.76. The molecule has 6 aromatic heterocycles. The van der Waals surface area contributed by atoms with E-state index in [1.807, 2.05) is 0 Å². The smallest absolute Gasteiger partial charge is 0.0737 e. The lowest BCUT2D eigenvalue weighted by Crippen LogP contribution is -2.10. The summed E-state index contributed by atoms with van der Waals surface area (Å²) in [4.78, 5) is 39.5. The zero-order chi connectivity index (χ0) is 70.4. The van der Waals surface area contributed by atoms with Crippen LogP contribution in [0.25, 0.3) is 160 Å². The van der Waals surface area contributed by atoms with Crippen LogP contribution in [-0.4, -0.2) is 39.9 Å². The van der Waals surface area contributed by atoms with Crippen LogP contribution in [0.4, 0.5) is 0 Å². The maximum atomic E-state index is 5.59. The van der Waals surface area contributed by atoms with Crippen molar-refractivity contribution in [2.45, 2.75) is 115 Å². The molecule has 16 bridgehead atoms. The minimum Gasteiger partial charge on any atom is -0.355 e. The number of benzene rings is 6. The van der Waals surface area contributed by atoms with Gasteiger partial charge in [0.15, 0.2) is 0 Å². The lowest BCUT2D eigenvalue weighted by molar-refractivity contribution is 0.590. The van der Waals surface area contributed by atoms with Crippen molar-refractivity contribution in [3.63, 3.8) is 0 Å². The fraction of sp³-hybridized carbons (Fsp3) is 0.174. The number of hydrogen-bond donors (Lipinski definition) is 4. The SMILES string of the molecule is CC(C)(C)c1ccc(-c2c3nc(c(-c4ccc(SSc5ccc(-c6c7nc(c(-c8ccc(C(C)(C)C)cc8)c8ccc(cc9nc(c(-c%10ccc(C(C)(C)C)cc%10)c%10ccc6[nH]%10)C=C9)[nH]8)C=C7)cc5)cc4)c4ccc([nH]4)c(-c4ccc(C(C)(C)C)cc4)c4nc(cc5ccc2[nH]5)C=C4)C=C3)cc1. The normalized spacial score (nSPS) is 13.0. The number of aromatic nitrogens is 8. The van der Waals surface area contributed by atoms with E-state index in [1.54, 1.807) is 21.6 Å². The molecule has 0 aliphatic carbocycles. The summed E-state index contributed by atoms with van der Waals surface area (Å²) in [5.41, 5.74) is 32.6. The molecule has 10 heteroatoms. The largest absolute Gasteiger partial charge is 0.355 e. The van der Waals surface area contributed by atoms with Gasteiger partial charge in [-0.3, -0.25) is 0 Å². The van der Waals surface area contributed by atoms with Gasteiger partial charge < -0.3 is 19.9 Å². The van der Waals surface area contributed by atoms with Crippen molar-refractivity contribution >= 4 is 114 Å². The summed E-state index contributed by atoms with van der Waals surface area (Å²) < 4.78 is 0. The van der Waals surface area contributed by atoms with Gasteiger partial charge in [-0.15, -0.1) is 0 Å². The van der Waals surface area contributed by atoms with Crippen LogP contribution in [0.5, 0.6) is 0 Å². The highest BCUT2D eigenvalue weighted by atomic mass is 33.1. The van der Waals surface area contributed by atoms with Crippen molar-refractivity contribution in [1.82, 2.24) is 39.9 Å². The molecular formula is C92H82N8S2. The van der Waals surface area contributed by atoms with Gasteiger partial charge in [0.05, 0.1) is 45.6 Å². The fourth-order valence-corrected chi connectivity index (χ4v) is 16.0. The Morgan fingerprint density at radius 1 is 0.225 bits per heavy atom. The average molecular weight is 1360 g/mol. The third kappa shape index (κ3) is 13.1. The monoisotopic (exact) mass is 1360 g/mol. The number of hydrogen-bond acceptors (Lipinski definition) is 6. The van der Waals surface area contributed by atoms with Crippen molar-refractivity contribution in [3.8, 4) is 66.8 Å². The maximum Gasteiger partial charge on any atom is 0.0737 e. The molecule has 8 nitrogen and oxygen atoms in total. The van der Waals surface area contributed by atoms with Gasteiger partial charge in [0, 0.05) is 87.3 Å². The minimum absolute atomic E-state index is 0.00932. The Balaban J connectivity index is 0.789. The van der Waals surface area contributed by atoms with Crippen LogP contribution in [0.2, 0.25) is 0 Å². The Bertz CT molecular complexity index is 5310. The summed E-state index contributed by atoms with van der Waals surface area (Å²) in [6, 6.07) is 75.5. The summed E-state index contributed by atoms with van der Waals surface area (Å²) in [6.45, 7) is 27.1. The summed E-state index contributed by atoms with van der Waals surface area (Å²) >= 11 is 0. The third-order valence-electron chi connectivity index (χ3n) is 19.8. The molecule has 0 amide bonds. The molecule has 0 radical (unpaired) electrons. The summed E-state index contributed by atoms with van der Waals surface area (Å²) in [6.07, 6.45) is 17.2. The van der Waals surface area contributed by atoms with Crippen LogP contribution >= 0.6 is 21.6 Å². The van der Waals surface area contributed by atoms with Gasteiger partial charge in [-0.25, -0.2) is 19.9 Å². The van der Waals surface area contributed by atoms with Crippen LogP contribution < -0.4 is 0 Å². The lowest BCUT2D eigenvalue weighted by Gasteiger charge is -2.19. The molecule has 502 valence electrons. The standard InChI is InChI=1S/C92H82N8S2/c1-89(2,3)61-25-13-55(14-26-61)83-71-41-33-65(93-71)53-66-34-42-72(94-66)84(56-15-27-62(28-16-56)90(4,5)6)76-46-50-80(98-76)87(79-49-45-75(83)97-79)59-21-37-69(38-22-59)101-102-70-39-23-60(24-40-70)88-81-51-47-77(99-81)85(57-17-29-63(30-18-57)91(7,8)9)73-43-35-67(95-73)54-68-36-44-74(96-68)86(78-48-52-82(88)100-78)58-19-31-64(32-20-58)92(10,11)12/h13-54,93,95,98,100H,1-12H3. The average Bonchev–Trinajstić information content (AvgIpc) is 1.62. The maximum absolute atomic E-state index is 5.59. The van der Waals surface area contributed by atoms with Crippen LogP contribution in [-0.2, 0) is 21.7 Å². The first-order chi connectivity index (χ1) is 49.0. The second-order valence-electron chi connectivity index (χ2n) is 31.2. The minimum atomic E-state index is 0.00932. The first kappa shape index (κ1) is 65.8. The Hall–Kier alpha value is -10.8. The van der Waals surface area contributed by atoms with Crippen LogP contribution in [0.15, 0.2) is 216 Å². The van der Waals surface area contributed by atoms with Crippen LogP contribution in [0, 0.1) is 0 Å². The summed E-state index contributed by atoms with van der Waals surface area (Å²) in [5.74, 6) is 0. The van der Waals surface area contributed by atoms with Crippen LogP contribution in [0.1, 0.15) is 151 Å². The molecule has 4 aliphatic heterocycles. The number of rotatable bonds is 9. The van der Waals surface area contributed by atoms with Gasteiger partial charge in [0.25, 0.3) is 0 Å². The lowest BCUT2D eigenvalue weighted by atomic mass is 9.86. The quantitative estimate of drug-likeness (QED) is 0.107. The first-order valence-corrected chi connectivity index (χ1v) is 37.4. The van der Waals surface area contributed by atoms with Gasteiger partial charge in [0.2, 0.25) is 0 Å². The second kappa shape index (κ2) is 25.7. The van der Waals surface area contributed by atoms with E-state index in [0.29, 0.717) is 0 Å². The molecule has 12 aromatic rings. The molecule has 10 heterocycles. The molecule has 0 saturated heterocycles. The van der Waals surface area contributed by atoms with Crippen LogP contribution in [0.3, 0.4) is 0 Å². The highest BCUT2D eigenvalue weighted by Gasteiger charge is 2.24. The van der Waals surface area contributed by atoms with Gasteiger partial charge in [0.1, 0.15) is 0 Å². The molecule has 0 fully saturated rings. The number of nitrogens with one attached hydrogen (secondary N) is 4. The van der Waals surface area contributed by atoms with E-state index in [2.05, 4.69) is 358 Å². The Kier molecular flexibility index (Phi) is 16.6. The zero-order valence-electron chi connectivity index (χ0n) is 59.9. The topological polar surface area (TPSA) is 115 Å². The van der Waals surface area contributed by atoms with E-state index in [9.17, 15) is 0 Å².